The van der Waals surface area contributed by atoms with Crippen molar-refractivity contribution in [2.75, 3.05) is 0 Å². The summed E-state index contributed by atoms with van der Waals surface area (Å²) in [4.78, 5) is 14.7. The van der Waals surface area contributed by atoms with Crippen molar-refractivity contribution in [3.8, 4) is 67.5 Å². The van der Waals surface area contributed by atoms with Gasteiger partial charge in [-0.25, -0.2) is 15.0 Å². The molecule has 2 heterocycles. The highest BCUT2D eigenvalue weighted by Crippen LogP contribution is 2.35. The molecule has 0 radical (unpaired) electrons. The second-order valence-electron chi connectivity index (χ2n) is 13.9. The maximum absolute atomic E-state index is 4.93. The third kappa shape index (κ3) is 5.63. The molecule has 0 atom stereocenters. The Bertz CT molecular complexity index is 2670. The first-order valence-electron chi connectivity index (χ1n) is 18.7. The monoisotopic (exact) mass is 717 g/mol. The fourth-order valence-corrected chi connectivity index (χ4v) is 13.7. The number of benzene rings is 8. The SMILES string of the molecule is c1ccc(-c2nc(-c3ccccc3)nc(-c3ccc(-c4ccc(-c5cccc6c5[Si](c5ccccc5)(c5ccccc5)c5ccccc5-6)cc4)cc3)n2)cc1. The van der Waals surface area contributed by atoms with Gasteiger partial charge in [-0.2, -0.15) is 0 Å². The van der Waals surface area contributed by atoms with Crippen molar-refractivity contribution in [1.29, 1.82) is 0 Å². The van der Waals surface area contributed by atoms with E-state index in [0.29, 0.717) is 17.5 Å². The summed E-state index contributed by atoms with van der Waals surface area (Å²) >= 11 is 0. The van der Waals surface area contributed by atoms with Crippen LogP contribution in [0.1, 0.15) is 0 Å². The number of aromatic nitrogens is 3. The van der Waals surface area contributed by atoms with Gasteiger partial charge in [0, 0.05) is 16.7 Å². The van der Waals surface area contributed by atoms with Gasteiger partial charge in [0.15, 0.2) is 25.5 Å². The highest BCUT2D eigenvalue weighted by molar-refractivity contribution is 7.22. The molecule has 1 aliphatic rings. The molecule has 0 bridgehead atoms. The minimum absolute atomic E-state index is 0.651. The van der Waals surface area contributed by atoms with Crippen molar-refractivity contribution in [2.24, 2.45) is 0 Å². The second-order valence-corrected chi connectivity index (χ2v) is 17.6. The van der Waals surface area contributed by atoms with Gasteiger partial charge in [0.2, 0.25) is 0 Å². The third-order valence-corrected chi connectivity index (χ3v) is 15.8. The van der Waals surface area contributed by atoms with Crippen LogP contribution in [0.2, 0.25) is 0 Å². The molecule has 0 N–H and O–H groups in total. The molecular formula is C51H35N3Si. The first kappa shape index (κ1) is 32.6. The van der Waals surface area contributed by atoms with Crippen LogP contribution in [0.25, 0.3) is 67.5 Å². The smallest absolute Gasteiger partial charge is 0.181 e. The number of rotatable bonds is 7. The summed E-state index contributed by atoms with van der Waals surface area (Å²) in [6.07, 6.45) is 0. The zero-order chi connectivity index (χ0) is 36.6. The van der Waals surface area contributed by atoms with Gasteiger partial charge < -0.3 is 0 Å². The van der Waals surface area contributed by atoms with E-state index in [1.54, 1.807) is 0 Å². The van der Waals surface area contributed by atoms with Crippen LogP contribution in [0, 0.1) is 0 Å². The van der Waals surface area contributed by atoms with Gasteiger partial charge >= 0.3 is 0 Å². The summed E-state index contributed by atoms with van der Waals surface area (Å²) < 4.78 is 0. The fourth-order valence-electron chi connectivity index (χ4n) is 8.34. The number of nitrogens with zero attached hydrogens (tertiary/aromatic N) is 3. The molecule has 10 rings (SSSR count). The highest BCUT2D eigenvalue weighted by atomic mass is 28.3. The van der Waals surface area contributed by atoms with E-state index in [9.17, 15) is 0 Å². The molecule has 55 heavy (non-hydrogen) atoms. The Hall–Kier alpha value is -7.01. The molecular weight excluding hydrogens is 683 g/mol. The molecule has 0 saturated heterocycles. The number of hydrogen-bond acceptors (Lipinski definition) is 3. The zero-order valence-corrected chi connectivity index (χ0v) is 31.0. The van der Waals surface area contributed by atoms with Crippen molar-refractivity contribution >= 4 is 28.8 Å². The molecule has 0 saturated carbocycles. The first-order chi connectivity index (χ1) is 27.3. The Kier molecular flexibility index (Phi) is 8.16. The Labute approximate surface area is 322 Å². The predicted molar refractivity (Wildman–Crippen MR) is 230 cm³/mol. The Balaban J connectivity index is 1.04. The van der Waals surface area contributed by atoms with Gasteiger partial charge in [0.05, 0.1) is 0 Å². The van der Waals surface area contributed by atoms with E-state index in [0.717, 1.165) is 27.8 Å². The van der Waals surface area contributed by atoms with Crippen molar-refractivity contribution < 1.29 is 0 Å². The van der Waals surface area contributed by atoms with Crippen molar-refractivity contribution in [3.63, 3.8) is 0 Å². The normalized spacial score (nSPS) is 12.5. The predicted octanol–water partition coefficient (Wildman–Crippen LogP) is 9.56. The molecule has 0 spiro atoms. The van der Waals surface area contributed by atoms with E-state index in [2.05, 4.69) is 152 Å². The van der Waals surface area contributed by atoms with Gasteiger partial charge in [0.1, 0.15) is 0 Å². The molecule has 3 nitrogen and oxygen atoms in total. The third-order valence-electron chi connectivity index (χ3n) is 10.8. The lowest BCUT2D eigenvalue weighted by Gasteiger charge is -2.33. The maximum atomic E-state index is 4.93. The summed E-state index contributed by atoms with van der Waals surface area (Å²) in [5.74, 6) is 1.97. The van der Waals surface area contributed by atoms with Crippen LogP contribution in [-0.2, 0) is 0 Å². The number of fused-ring (bicyclic) bond motifs is 3. The highest BCUT2D eigenvalue weighted by Gasteiger charge is 2.49. The zero-order valence-electron chi connectivity index (χ0n) is 30.0. The molecule has 9 aromatic rings. The Morgan fingerprint density at radius 3 is 1.13 bits per heavy atom. The fraction of sp³-hybridized carbons (Fsp3) is 0. The van der Waals surface area contributed by atoms with Gasteiger partial charge in [-0.3, -0.25) is 0 Å². The van der Waals surface area contributed by atoms with Crippen LogP contribution in [0.3, 0.4) is 0 Å². The van der Waals surface area contributed by atoms with Crippen molar-refractivity contribution in [2.45, 2.75) is 0 Å². The topological polar surface area (TPSA) is 38.7 Å². The Morgan fingerprint density at radius 2 is 0.618 bits per heavy atom. The first-order valence-corrected chi connectivity index (χ1v) is 20.7. The molecule has 0 aliphatic carbocycles. The van der Waals surface area contributed by atoms with Crippen LogP contribution >= 0.6 is 0 Å². The molecule has 1 aromatic heterocycles. The minimum Gasteiger partial charge on any atom is -0.208 e. The summed E-state index contributed by atoms with van der Waals surface area (Å²) in [6.45, 7) is 0. The largest absolute Gasteiger partial charge is 0.208 e. The van der Waals surface area contributed by atoms with E-state index in [1.807, 2.05) is 60.7 Å². The summed E-state index contributed by atoms with van der Waals surface area (Å²) in [6, 6.07) is 76.2. The molecule has 0 unspecified atom stereocenters. The summed E-state index contributed by atoms with van der Waals surface area (Å²) in [7, 11) is -2.64. The van der Waals surface area contributed by atoms with Crippen LogP contribution in [-0.4, -0.2) is 23.0 Å². The average molecular weight is 718 g/mol. The van der Waals surface area contributed by atoms with Crippen LogP contribution < -0.4 is 20.7 Å². The molecule has 8 aromatic carbocycles. The van der Waals surface area contributed by atoms with E-state index in [-0.39, 0.29) is 0 Å². The van der Waals surface area contributed by atoms with E-state index in [1.165, 1.54) is 43.0 Å². The van der Waals surface area contributed by atoms with Crippen LogP contribution in [0.4, 0.5) is 0 Å². The lowest BCUT2D eigenvalue weighted by Crippen LogP contribution is -2.73. The quantitative estimate of drug-likeness (QED) is 0.154. The summed E-state index contributed by atoms with van der Waals surface area (Å²) in [5, 5.41) is 5.73. The van der Waals surface area contributed by atoms with E-state index in [4.69, 9.17) is 15.0 Å². The van der Waals surface area contributed by atoms with Gasteiger partial charge in [0.25, 0.3) is 0 Å². The lowest BCUT2D eigenvalue weighted by atomic mass is 9.97. The molecule has 0 fully saturated rings. The number of hydrogen-bond donors (Lipinski definition) is 0. The van der Waals surface area contributed by atoms with Crippen molar-refractivity contribution in [3.05, 3.63) is 212 Å². The van der Waals surface area contributed by atoms with Crippen LogP contribution in [0.15, 0.2) is 212 Å². The standard InChI is InChI=1S/C51H35N3Si/c1-5-16-39(17-6-1)49-52-50(40-18-7-2-8-19-40)54-51(53-49)41-34-30-37(31-35-41)36-28-32-38(33-29-36)44-25-15-26-46-45-24-13-14-27-47(45)55(48(44)46,42-20-9-3-10-21-42)43-22-11-4-12-23-43/h1-35H. The molecule has 0 amide bonds. The minimum atomic E-state index is -2.64. The summed E-state index contributed by atoms with van der Waals surface area (Å²) in [5.41, 5.74) is 10.4. The lowest BCUT2D eigenvalue weighted by molar-refractivity contribution is 1.07. The molecule has 1 aliphatic heterocycles. The van der Waals surface area contributed by atoms with E-state index >= 15 is 0 Å². The molecule has 4 heteroatoms. The second kappa shape index (κ2) is 13.8. The van der Waals surface area contributed by atoms with Gasteiger partial charge in [-0.05, 0) is 54.1 Å². The van der Waals surface area contributed by atoms with Gasteiger partial charge in [-0.1, -0.05) is 212 Å². The Morgan fingerprint density at radius 1 is 0.255 bits per heavy atom. The van der Waals surface area contributed by atoms with Gasteiger partial charge in [-0.15, -0.1) is 0 Å². The van der Waals surface area contributed by atoms with Crippen molar-refractivity contribution in [1.82, 2.24) is 15.0 Å². The average Bonchev–Trinajstić information content (AvgIpc) is 3.59. The molecule has 258 valence electrons. The maximum Gasteiger partial charge on any atom is 0.181 e. The van der Waals surface area contributed by atoms with E-state index < -0.39 is 8.07 Å². The van der Waals surface area contributed by atoms with Crippen LogP contribution in [0.5, 0.6) is 0 Å².